The van der Waals surface area contributed by atoms with E-state index >= 15 is 0 Å². The van der Waals surface area contributed by atoms with E-state index in [0.29, 0.717) is 13.2 Å². The number of nitrogens with zero attached hydrogens (tertiary/aromatic N) is 2. The first-order valence-corrected chi connectivity index (χ1v) is 11.2. The summed E-state index contributed by atoms with van der Waals surface area (Å²) in [6, 6.07) is 29.0. The van der Waals surface area contributed by atoms with Crippen LogP contribution in [0.5, 0.6) is 0 Å². The highest BCUT2D eigenvalue weighted by molar-refractivity contribution is 6.00. The van der Waals surface area contributed by atoms with Crippen molar-refractivity contribution in [1.29, 1.82) is 0 Å². The van der Waals surface area contributed by atoms with Gasteiger partial charge in [0.2, 0.25) is 0 Å². The van der Waals surface area contributed by atoms with Gasteiger partial charge in [-0.05, 0) is 47.2 Å². The van der Waals surface area contributed by atoms with Crippen LogP contribution in [0.1, 0.15) is 36.8 Å². The van der Waals surface area contributed by atoms with E-state index < -0.39 is 0 Å². The molecule has 0 aliphatic rings. The molecule has 32 heavy (non-hydrogen) atoms. The summed E-state index contributed by atoms with van der Waals surface area (Å²) in [4.78, 5) is 10.9. The Morgan fingerprint density at radius 1 is 0.500 bits per heavy atom. The second kappa shape index (κ2) is 11.7. The lowest BCUT2D eigenvalue weighted by molar-refractivity contribution is 0.132. The zero-order valence-corrected chi connectivity index (χ0v) is 18.2. The summed E-state index contributed by atoms with van der Waals surface area (Å²) in [6.07, 6.45) is 7.72. The number of fused-ring (bicyclic) bond motifs is 2. The van der Waals surface area contributed by atoms with E-state index in [1.807, 2.05) is 36.4 Å². The third-order valence-electron chi connectivity index (χ3n) is 5.40. The molecule has 4 rings (SSSR count). The molecular formula is C28H28N2O2. The van der Waals surface area contributed by atoms with Crippen LogP contribution in [0.4, 0.5) is 0 Å². The molecule has 0 fully saturated rings. The summed E-state index contributed by atoms with van der Waals surface area (Å²) in [5, 5.41) is 13.1. The molecule has 0 aliphatic heterocycles. The molecule has 0 unspecified atom stereocenters. The lowest BCUT2D eigenvalue weighted by Crippen LogP contribution is -1.93. The van der Waals surface area contributed by atoms with E-state index in [2.05, 4.69) is 58.8 Å². The summed E-state index contributed by atoms with van der Waals surface area (Å²) < 4.78 is 0. The average Bonchev–Trinajstić information content (AvgIpc) is 2.85. The summed E-state index contributed by atoms with van der Waals surface area (Å²) in [5.74, 6) is 0. The van der Waals surface area contributed by atoms with E-state index in [9.17, 15) is 0 Å². The van der Waals surface area contributed by atoms with Crippen LogP contribution in [0, 0.1) is 0 Å². The van der Waals surface area contributed by atoms with Crippen molar-refractivity contribution in [2.75, 3.05) is 13.2 Å². The first-order chi connectivity index (χ1) is 15.9. The number of hydrogen-bond acceptors (Lipinski definition) is 4. The van der Waals surface area contributed by atoms with Gasteiger partial charge in [-0.3, -0.25) is 0 Å². The molecule has 0 saturated carbocycles. The Labute approximate surface area is 189 Å². The largest absolute Gasteiger partial charge is 0.396 e. The molecule has 0 aliphatic carbocycles. The Balaban J connectivity index is 1.08. The molecule has 4 heteroatoms. The molecule has 0 aromatic heterocycles. The Morgan fingerprint density at radius 3 is 1.44 bits per heavy atom. The van der Waals surface area contributed by atoms with Crippen molar-refractivity contribution >= 4 is 34.0 Å². The molecule has 0 spiro atoms. The van der Waals surface area contributed by atoms with Gasteiger partial charge in [0.1, 0.15) is 13.2 Å². The van der Waals surface area contributed by atoms with E-state index in [1.165, 1.54) is 21.5 Å². The molecule has 0 N–H and O–H groups in total. The van der Waals surface area contributed by atoms with Crippen LogP contribution >= 0.6 is 0 Å². The van der Waals surface area contributed by atoms with E-state index in [0.717, 1.165) is 36.8 Å². The molecule has 0 radical (unpaired) electrons. The van der Waals surface area contributed by atoms with Gasteiger partial charge >= 0.3 is 0 Å². The van der Waals surface area contributed by atoms with Gasteiger partial charge in [-0.1, -0.05) is 95.2 Å². The highest BCUT2D eigenvalue weighted by atomic mass is 16.6. The minimum atomic E-state index is 0.626. The molecular weight excluding hydrogens is 396 g/mol. The summed E-state index contributed by atoms with van der Waals surface area (Å²) >= 11 is 0. The molecule has 4 aromatic carbocycles. The van der Waals surface area contributed by atoms with E-state index in [4.69, 9.17) is 9.68 Å². The third kappa shape index (κ3) is 5.94. The van der Waals surface area contributed by atoms with Crippen molar-refractivity contribution in [3.05, 3.63) is 96.1 Å². The van der Waals surface area contributed by atoms with Gasteiger partial charge in [0.15, 0.2) is 0 Å². The third-order valence-corrected chi connectivity index (χ3v) is 5.40. The van der Waals surface area contributed by atoms with Crippen LogP contribution in [0.25, 0.3) is 21.5 Å². The van der Waals surface area contributed by atoms with Crippen LogP contribution in [0.3, 0.4) is 0 Å². The van der Waals surface area contributed by atoms with E-state index in [1.54, 1.807) is 12.4 Å². The maximum atomic E-state index is 5.43. The molecule has 0 amide bonds. The maximum absolute atomic E-state index is 5.43. The second-order valence-corrected chi connectivity index (χ2v) is 7.69. The van der Waals surface area contributed by atoms with Crippen molar-refractivity contribution in [3.8, 4) is 0 Å². The highest BCUT2D eigenvalue weighted by Crippen LogP contribution is 2.18. The first kappa shape index (κ1) is 21.6. The Morgan fingerprint density at radius 2 is 0.938 bits per heavy atom. The number of hydrogen-bond donors (Lipinski definition) is 0. The van der Waals surface area contributed by atoms with Gasteiger partial charge in [-0.25, -0.2) is 0 Å². The molecule has 0 atom stereocenters. The van der Waals surface area contributed by atoms with Gasteiger partial charge in [0.25, 0.3) is 0 Å². The first-order valence-electron chi connectivity index (χ1n) is 11.2. The molecule has 0 heterocycles. The molecule has 162 valence electrons. The Bertz CT molecular complexity index is 1090. The van der Waals surface area contributed by atoms with Crippen LogP contribution in [0.15, 0.2) is 95.2 Å². The fourth-order valence-corrected chi connectivity index (χ4v) is 3.71. The number of benzene rings is 4. The quantitative estimate of drug-likeness (QED) is 0.148. The maximum Gasteiger partial charge on any atom is 0.117 e. The predicted molar refractivity (Wildman–Crippen MR) is 133 cm³/mol. The number of unbranched alkanes of at least 4 members (excludes halogenated alkanes) is 3. The summed E-state index contributed by atoms with van der Waals surface area (Å²) in [7, 11) is 0. The van der Waals surface area contributed by atoms with Gasteiger partial charge in [-0.2, -0.15) is 0 Å². The van der Waals surface area contributed by atoms with Crippen LogP contribution < -0.4 is 0 Å². The number of oxime groups is 2. The molecule has 0 bridgehead atoms. The van der Waals surface area contributed by atoms with Crippen molar-refractivity contribution in [1.82, 2.24) is 0 Å². The van der Waals surface area contributed by atoms with Gasteiger partial charge < -0.3 is 9.68 Å². The van der Waals surface area contributed by atoms with Gasteiger partial charge in [-0.15, -0.1) is 0 Å². The van der Waals surface area contributed by atoms with Crippen molar-refractivity contribution < 1.29 is 9.68 Å². The highest BCUT2D eigenvalue weighted by Gasteiger charge is 1.98. The topological polar surface area (TPSA) is 43.2 Å². The molecule has 0 saturated heterocycles. The van der Waals surface area contributed by atoms with E-state index in [-0.39, 0.29) is 0 Å². The van der Waals surface area contributed by atoms with Crippen LogP contribution in [-0.2, 0) is 9.68 Å². The summed E-state index contributed by atoms with van der Waals surface area (Å²) in [5.41, 5.74) is 2.15. The Kier molecular flexibility index (Phi) is 7.86. The zero-order valence-electron chi connectivity index (χ0n) is 18.2. The van der Waals surface area contributed by atoms with Crippen LogP contribution in [-0.4, -0.2) is 25.6 Å². The lowest BCUT2D eigenvalue weighted by Gasteiger charge is -2.03. The Hall–Kier alpha value is -3.66. The monoisotopic (exact) mass is 424 g/mol. The predicted octanol–water partition coefficient (Wildman–Crippen LogP) is 6.95. The fourth-order valence-electron chi connectivity index (χ4n) is 3.71. The second-order valence-electron chi connectivity index (χ2n) is 7.69. The average molecular weight is 425 g/mol. The smallest absolute Gasteiger partial charge is 0.117 e. The van der Waals surface area contributed by atoms with Crippen molar-refractivity contribution in [2.24, 2.45) is 10.3 Å². The van der Waals surface area contributed by atoms with Gasteiger partial charge in [0.05, 0.1) is 12.4 Å². The standard InChI is InChI=1S/C28H28N2O2/c1(7-19-31-29-21-25-15-9-13-23-11-3-5-17-27(23)25)2-8-20-32-30-22-26-16-10-14-24-12-4-6-18-28(24)26/h3-6,9-18,21-22H,1-2,7-8,19-20H2/b29-21+,30-22+. The molecule has 4 nitrogen and oxygen atoms in total. The SMILES string of the molecule is C(=N\OCCCCCCO/N=C/c1cccc2ccccc12)/c1cccc2ccccc12. The number of rotatable bonds is 11. The lowest BCUT2D eigenvalue weighted by atomic mass is 10.1. The minimum Gasteiger partial charge on any atom is -0.396 e. The normalized spacial score (nSPS) is 11.6. The van der Waals surface area contributed by atoms with Crippen molar-refractivity contribution in [2.45, 2.75) is 25.7 Å². The molecule has 4 aromatic rings. The van der Waals surface area contributed by atoms with Crippen LogP contribution in [0.2, 0.25) is 0 Å². The fraction of sp³-hybridized carbons (Fsp3) is 0.214. The summed E-state index contributed by atoms with van der Waals surface area (Å²) in [6.45, 7) is 1.25. The van der Waals surface area contributed by atoms with Crippen molar-refractivity contribution in [3.63, 3.8) is 0 Å². The minimum absolute atomic E-state index is 0.626. The zero-order chi connectivity index (χ0) is 21.8. The van der Waals surface area contributed by atoms with Gasteiger partial charge in [0, 0.05) is 11.1 Å².